The zero-order chi connectivity index (χ0) is 16.5. The van der Waals surface area contributed by atoms with E-state index in [1.165, 1.54) is 0 Å². The molecule has 1 amide bonds. The zero-order valence-electron chi connectivity index (χ0n) is 14.8. The number of hydrogen-bond acceptors (Lipinski definition) is 3. The van der Waals surface area contributed by atoms with E-state index in [4.69, 9.17) is 4.52 Å². The molecule has 0 aliphatic carbocycles. The Morgan fingerprint density at radius 3 is 2.30 bits per heavy atom. The fourth-order valence-corrected chi connectivity index (χ4v) is 2.21. The number of amides is 1. The van der Waals surface area contributed by atoms with Crippen molar-refractivity contribution in [3.63, 3.8) is 0 Å². The van der Waals surface area contributed by atoms with Gasteiger partial charge in [0.15, 0.2) is 0 Å². The molecule has 0 radical (unpaired) electrons. The van der Waals surface area contributed by atoms with Gasteiger partial charge in [0.1, 0.15) is 5.76 Å². The van der Waals surface area contributed by atoms with Crippen LogP contribution in [0.1, 0.15) is 56.5 Å². The SMILES string of the molecule is CC.CC[C@@H](CC(=O)Nc1ccccc1)c1noc(C)c1C.P. The Labute approximate surface area is 142 Å². The van der Waals surface area contributed by atoms with Gasteiger partial charge in [0.05, 0.1) is 5.69 Å². The van der Waals surface area contributed by atoms with E-state index in [9.17, 15) is 4.79 Å². The molecule has 2 aromatic rings. The maximum absolute atomic E-state index is 12.1. The molecule has 0 aliphatic heterocycles. The van der Waals surface area contributed by atoms with Crippen LogP contribution in [0.2, 0.25) is 0 Å². The molecule has 1 N–H and O–H groups in total. The average Bonchev–Trinajstić information content (AvgIpc) is 2.87. The number of benzene rings is 1. The summed E-state index contributed by atoms with van der Waals surface area (Å²) in [5, 5.41) is 7.00. The third-order valence-electron chi connectivity index (χ3n) is 3.56. The molecule has 0 saturated heterocycles. The number of anilines is 1. The number of hydrogen-bond donors (Lipinski definition) is 1. The summed E-state index contributed by atoms with van der Waals surface area (Å²) < 4.78 is 5.20. The fraction of sp³-hybridized carbons (Fsp3) is 0.444. The molecule has 0 bridgehead atoms. The summed E-state index contributed by atoms with van der Waals surface area (Å²) >= 11 is 0. The monoisotopic (exact) mass is 336 g/mol. The van der Waals surface area contributed by atoms with E-state index < -0.39 is 0 Å². The molecule has 23 heavy (non-hydrogen) atoms. The van der Waals surface area contributed by atoms with Crippen molar-refractivity contribution in [2.45, 2.75) is 53.4 Å². The van der Waals surface area contributed by atoms with Crippen molar-refractivity contribution in [2.75, 3.05) is 5.32 Å². The second kappa shape index (κ2) is 11.0. The minimum absolute atomic E-state index is 0. The predicted molar refractivity (Wildman–Crippen MR) is 101 cm³/mol. The van der Waals surface area contributed by atoms with Crippen molar-refractivity contribution in [2.24, 2.45) is 0 Å². The van der Waals surface area contributed by atoms with Gasteiger partial charge in [-0.1, -0.05) is 44.1 Å². The van der Waals surface area contributed by atoms with E-state index >= 15 is 0 Å². The smallest absolute Gasteiger partial charge is 0.225 e. The minimum Gasteiger partial charge on any atom is -0.361 e. The third-order valence-corrected chi connectivity index (χ3v) is 3.56. The van der Waals surface area contributed by atoms with Crippen molar-refractivity contribution in [1.29, 1.82) is 0 Å². The van der Waals surface area contributed by atoms with E-state index in [0.29, 0.717) is 6.42 Å². The molecule has 128 valence electrons. The van der Waals surface area contributed by atoms with Gasteiger partial charge >= 0.3 is 0 Å². The van der Waals surface area contributed by atoms with Crippen LogP contribution in [0.5, 0.6) is 0 Å². The van der Waals surface area contributed by atoms with Crippen molar-refractivity contribution >= 4 is 21.5 Å². The Hall–Kier alpha value is -1.67. The number of aryl methyl sites for hydroxylation is 1. The fourth-order valence-electron chi connectivity index (χ4n) is 2.21. The summed E-state index contributed by atoms with van der Waals surface area (Å²) in [5.74, 6) is 0.918. The molecule has 0 aliphatic rings. The van der Waals surface area contributed by atoms with Crippen molar-refractivity contribution < 1.29 is 9.32 Å². The summed E-state index contributed by atoms with van der Waals surface area (Å²) in [4.78, 5) is 12.1. The number of aromatic nitrogens is 1. The van der Waals surface area contributed by atoms with Gasteiger partial charge in [0, 0.05) is 23.6 Å². The van der Waals surface area contributed by atoms with Gasteiger partial charge in [-0.15, -0.1) is 0 Å². The van der Waals surface area contributed by atoms with Gasteiger partial charge in [-0.05, 0) is 32.4 Å². The molecule has 0 spiro atoms. The highest BCUT2D eigenvalue weighted by Gasteiger charge is 2.21. The molecule has 1 aromatic carbocycles. The van der Waals surface area contributed by atoms with Crippen LogP contribution in [0.25, 0.3) is 0 Å². The van der Waals surface area contributed by atoms with Gasteiger partial charge in [0.25, 0.3) is 0 Å². The Morgan fingerprint density at radius 2 is 1.83 bits per heavy atom. The quantitative estimate of drug-likeness (QED) is 0.790. The van der Waals surface area contributed by atoms with Crippen LogP contribution in [-0.4, -0.2) is 11.1 Å². The molecule has 0 saturated carbocycles. The van der Waals surface area contributed by atoms with Crippen LogP contribution < -0.4 is 5.32 Å². The van der Waals surface area contributed by atoms with Crippen LogP contribution in [0, 0.1) is 13.8 Å². The van der Waals surface area contributed by atoms with Gasteiger partial charge in [0.2, 0.25) is 5.91 Å². The number of nitrogens with one attached hydrogen (secondary N) is 1. The highest BCUT2D eigenvalue weighted by Crippen LogP contribution is 2.27. The Balaban J connectivity index is 0.00000155. The van der Waals surface area contributed by atoms with Crippen molar-refractivity contribution in [1.82, 2.24) is 5.16 Å². The van der Waals surface area contributed by atoms with Crippen LogP contribution in [0.3, 0.4) is 0 Å². The summed E-state index contributed by atoms with van der Waals surface area (Å²) in [6.45, 7) is 9.94. The molecule has 1 heterocycles. The lowest BCUT2D eigenvalue weighted by Gasteiger charge is -2.13. The molecule has 0 fully saturated rings. The predicted octanol–water partition coefficient (Wildman–Crippen LogP) is 4.90. The number of nitrogens with zero attached hydrogens (tertiary/aromatic N) is 1. The highest BCUT2D eigenvalue weighted by atomic mass is 31.0. The number of carbonyl (C=O) groups is 1. The van der Waals surface area contributed by atoms with Gasteiger partial charge in [-0.3, -0.25) is 4.79 Å². The standard InChI is InChI=1S/C16H20N2O2.C2H6.H3P/c1-4-13(16-11(2)12(3)20-18-16)10-15(19)17-14-8-6-5-7-9-14;1-2;/h5-9,13H,4,10H2,1-3H3,(H,17,19);1-2H3;1H3/t13-;;/m0../s1. The van der Waals surface area contributed by atoms with Gasteiger partial charge in [-0.25, -0.2) is 0 Å². The van der Waals surface area contributed by atoms with E-state index in [0.717, 1.165) is 29.1 Å². The molecule has 4 nitrogen and oxygen atoms in total. The number of rotatable bonds is 5. The molecule has 2 atom stereocenters. The molecule has 5 heteroatoms. The first kappa shape index (κ1) is 21.3. The lowest BCUT2D eigenvalue weighted by Crippen LogP contribution is -2.16. The Morgan fingerprint density at radius 1 is 1.22 bits per heavy atom. The molecule has 1 aromatic heterocycles. The Bertz CT molecular complexity index is 582. The summed E-state index contributed by atoms with van der Waals surface area (Å²) in [6, 6.07) is 9.48. The molecular weight excluding hydrogens is 307 g/mol. The first-order valence-corrected chi connectivity index (χ1v) is 7.89. The average molecular weight is 336 g/mol. The van der Waals surface area contributed by atoms with Gasteiger partial charge in [-0.2, -0.15) is 9.90 Å². The van der Waals surface area contributed by atoms with Crippen molar-refractivity contribution in [3.8, 4) is 0 Å². The molecule has 1 unspecified atom stereocenters. The lowest BCUT2D eigenvalue weighted by molar-refractivity contribution is -0.116. The Kier molecular flexibility index (Phi) is 10.2. The maximum Gasteiger partial charge on any atom is 0.225 e. The van der Waals surface area contributed by atoms with Crippen LogP contribution >= 0.6 is 9.90 Å². The third kappa shape index (κ3) is 6.15. The van der Waals surface area contributed by atoms with Gasteiger partial charge < -0.3 is 9.84 Å². The van der Waals surface area contributed by atoms with E-state index in [2.05, 4.69) is 17.4 Å². The largest absolute Gasteiger partial charge is 0.361 e. The topological polar surface area (TPSA) is 55.1 Å². The summed E-state index contributed by atoms with van der Waals surface area (Å²) in [6.07, 6.45) is 1.27. The minimum atomic E-state index is 0. The lowest BCUT2D eigenvalue weighted by atomic mass is 9.95. The first-order chi connectivity index (χ1) is 10.6. The van der Waals surface area contributed by atoms with Crippen molar-refractivity contribution in [3.05, 3.63) is 47.3 Å². The second-order valence-corrected chi connectivity index (χ2v) is 4.97. The van der Waals surface area contributed by atoms with E-state index in [1.54, 1.807) is 0 Å². The maximum atomic E-state index is 12.1. The zero-order valence-corrected chi connectivity index (χ0v) is 16.3. The van der Waals surface area contributed by atoms with Crippen LogP contribution in [0.15, 0.2) is 34.9 Å². The number of carbonyl (C=O) groups excluding carboxylic acids is 1. The normalized spacial score (nSPS) is 10.8. The summed E-state index contributed by atoms with van der Waals surface area (Å²) in [5.41, 5.74) is 2.76. The number of para-hydroxylation sites is 1. The van der Waals surface area contributed by atoms with Crippen LogP contribution in [0.4, 0.5) is 5.69 Å². The summed E-state index contributed by atoms with van der Waals surface area (Å²) in [7, 11) is 0. The first-order valence-electron chi connectivity index (χ1n) is 7.89. The van der Waals surface area contributed by atoms with E-state index in [1.807, 2.05) is 58.0 Å². The molecular formula is C18H29N2O2P. The van der Waals surface area contributed by atoms with Crippen LogP contribution in [-0.2, 0) is 4.79 Å². The molecule has 2 rings (SSSR count). The van der Waals surface area contributed by atoms with E-state index in [-0.39, 0.29) is 21.7 Å². The second-order valence-electron chi connectivity index (χ2n) is 4.97. The highest BCUT2D eigenvalue weighted by molar-refractivity contribution is 6.92.